The molecule has 0 aromatic heterocycles. The number of nitrogens with zero attached hydrogens (tertiary/aromatic N) is 2. The Bertz CT molecular complexity index is 461. The zero-order chi connectivity index (χ0) is 12.9. The summed E-state index contributed by atoms with van der Waals surface area (Å²) in [4.78, 5) is 5.14. The highest BCUT2D eigenvalue weighted by Gasteiger charge is 2.60. The van der Waals surface area contributed by atoms with E-state index in [0.29, 0.717) is 5.41 Å². The second-order valence-electron chi connectivity index (χ2n) is 6.63. The lowest BCUT2D eigenvalue weighted by molar-refractivity contribution is 0.314. The number of anilines is 1. The molecule has 3 fully saturated rings. The molecule has 1 saturated carbocycles. The van der Waals surface area contributed by atoms with Crippen molar-refractivity contribution >= 4 is 5.69 Å². The highest BCUT2D eigenvalue weighted by atomic mass is 15.2. The van der Waals surface area contributed by atoms with Gasteiger partial charge in [0.1, 0.15) is 0 Å². The van der Waals surface area contributed by atoms with Crippen molar-refractivity contribution in [2.75, 3.05) is 37.6 Å². The number of benzene rings is 1. The molecule has 19 heavy (non-hydrogen) atoms. The predicted molar refractivity (Wildman–Crippen MR) is 79.8 cm³/mol. The lowest BCUT2D eigenvalue weighted by Gasteiger charge is -2.21. The molecule has 2 aliphatic heterocycles. The molecule has 0 N–H and O–H groups in total. The second-order valence-corrected chi connectivity index (χ2v) is 6.63. The van der Waals surface area contributed by atoms with E-state index in [9.17, 15) is 0 Å². The molecule has 1 aromatic rings. The van der Waals surface area contributed by atoms with Gasteiger partial charge in [0, 0.05) is 37.3 Å². The molecule has 2 saturated heterocycles. The van der Waals surface area contributed by atoms with Crippen LogP contribution >= 0.6 is 0 Å². The molecule has 2 heterocycles. The van der Waals surface area contributed by atoms with Crippen molar-refractivity contribution in [2.45, 2.75) is 31.6 Å². The molecule has 0 unspecified atom stereocenters. The molecule has 1 aliphatic carbocycles. The van der Waals surface area contributed by atoms with E-state index in [0.717, 1.165) is 5.92 Å². The highest BCUT2D eigenvalue weighted by Crippen LogP contribution is 2.58. The molecule has 2 nitrogen and oxygen atoms in total. The maximum absolute atomic E-state index is 2.61. The van der Waals surface area contributed by atoms with E-state index >= 15 is 0 Å². The van der Waals surface area contributed by atoms with Crippen LogP contribution in [0.4, 0.5) is 5.69 Å². The minimum atomic E-state index is 0.527. The predicted octanol–water partition coefficient (Wildman–Crippen LogP) is 2.88. The average molecular weight is 256 g/mol. The van der Waals surface area contributed by atoms with Crippen molar-refractivity contribution < 1.29 is 0 Å². The van der Waals surface area contributed by atoms with Gasteiger partial charge in [-0.2, -0.15) is 0 Å². The number of fused-ring (bicyclic) bond motifs is 1. The molecule has 102 valence electrons. The summed E-state index contributed by atoms with van der Waals surface area (Å²) in [5.41, 5.74) is 3.55. The van der Waals surface area contributed by atoms with E-state index in [2.05, 4.69) is 41.0 Å². The van der Waals surface area contributed by atoms with Crippen LogP contribution < -0.4 is 4.90 Å². The fourth-order valence-electron chi connectivity index (χ4n) is 4.25. The maximum Gasteiger partial charge on any atom is 0.0366 e. The quantitative estimate of drug-likeness (QED) is 0.820. The van der Waals surface area contributed by atoms with E-state index in [1.807, 2.05) is 0 Å². The molecule has 0 amide bonds. The third kappa shape index (κ3) is 1.80. The van der Waals surface area contributed by atoms with Crippen molar-refractivity contribution in [3.63, 3.8) is 0 Å². The van der Waals surface area contributed by atoms with Crippen LogP contribution in [0.3, 0.4) is 0 Å². The standard InChI is InChI=1S/C17H24N2/c1-2-18-12-15-11-17(15,13-18)14-5-7-16(8-6-14)19-9-3-4-10-19/h5-8,15H,2-4,9-13H2,1H3/t15-,17+/m1/s1. The Morgan fingerprint density at radius 3 is 2.53 bits per heavy atom. The van der Waals surface area contributed by atoms with Crippen molar-refractivity contribution in [3.05, 3.63) is 29.8 Å². The third-order valence-corrected chi connectivity index (χ3v) is 5.58. The van der Waals surface area contributed by atoms with Gasteiger partial charge in [0.25, 0.3) is 0 Å². The SMILES string of the molecule is CCN1C[C@H]2C[C@@]2(c2ccc(N3CCCC3)cc2)C1. The van der Waals surface area contributed by atoms with E-state index in [-0.39, 0.29) is 0 Å². The molecule has 2 atom stereocenters. The van der Waals surface area contributed by atoms with Gasteiger partial charge in [-0.05, 0) is 49.4 Å². The van der Waals surface area contributed by atoms with Crippen molar-refractivity contribution in [3.8, 4) is 0 Å². The van der Waals surface area contributed by atoms with Gasteiger partial charge in [-0.1, -0.05) is 19.1 Å². The summed E-state index contributed by atoms with van der Waals surface area (Å²) in [7, 11) is 0. The smallest absolute Gasteiger partial charge is 0.0366 e. The lowest BCUT2D eigenvalue weighted by Crippen LogP contribution is -2.26. The minimum Gasteiger partial charge on any atom is -0.372 e. The second kappa shape index (κ2) is 4.24. The Morgan fingerprint density at radius 1 is 1.16 bits per heavy atom. The Labute approximate surface area is 116 Å². The van der Waals surface area contributed by atoms with Gasteiger partial charge >= 0.3 is 0 Å². The van der Waals surface area contributed by atoms with Crippen molar-refractivity contribution in [1.29, 1.82) is 0 Å². The largest absolute Gasteiger partial charge is 0.372 e. The molecule has 3 aliphatic rings. The molecule has 0 radical (unpaired) electrons. The van der Waals surface area contributed by atoms with Crippen LogP contribution in [0.2, 0.25) is 0 Å². The zero-order valence-electron chi connectivity index (χ0n) is 11.9. The summed E-state index contributed by atoms with van der Waals surface area (Å²) in [6.45, 7) is 8.61. The van der Waals surface area contributed by atoms with Gasteiger partial charge in [-0.25, -0.2) is 0 Å². The topological polar surface area (TPSA) is 6.48 Å². The number of hydrogen-bond acceptors (Lipinski definition) is 2. The summed E-state index contributed by atoms with van der Waals surface area (Å²) in [6.07, 6.45) is 4.14. The molecule has 0 spiro atoms. The fraction of sp³-hybridized carbons (Fsp3) is 0.647. The van der Waals surface area contributed by atoms with E-state index in [1.54, 1.807) is 5.56 Å². The summed E-state index contributed by atoms with van der Waals surface area (Å²) in [6, 6.07) is 9.54. The molecule has 2 heteroatoms. The van der Waals surface area contributed by atoms with E-state index in [1.165, 1.54) is 57.7 Å². The number of likely N-dealkylation sites (N-methyl/N-ethyl adjacent to an activating group) is 1. The van der Waals surface area contributed by atoms with Gasteiger partial charge in [-0.15, -0.1) is 0 Å². The average Bonchev–Trinajstić information content (AvgIpc) is 2.89. The summed E-state index contributed by atoms with van der Waals surface area (Å²) < 4.78 is 0. The summed E-state index contributed by atoms with van der Waals surface area (Å²) >= 11 is 0. The first-order valence-electron chi connectivity index (χ1n) is 7.90. The van der Waals surface area contributed by atoms with Crippen LogP contribution in [0, 0.1) is 5.92 Å². The Kier molecular flexibility index (Phi) is 2.63. The number of rotatable bonds is 3. The van der Waals surface area contributed by atoms with Crippen molar-refractivity contribution in [2.24, 2.45) is 5.92 Å². The van der Waals surface area contributed by atoms with Crippen LogP contribution in [0.15, 0.2) is 24.3 Å². The van der Waals surface area contributed by atoms with Crippen LogP contribution in [-0.2, 0) is 5.41 Å². The van der Waals surface area contributed by atoms with E-state index < -0.39 is 0 Å². The van der Waals surface area contributed by atoms with Crippen LogP contribution in [0.25, 0.3) is 0 Å². The van der Waals surface area contributed by atoms with Crippen LogP contribution in [0.1, 0.15) is 31.7 Å². The highest BCUT2D eigenvalue weighted by molar-refractivity contribution is 5.51. The van der Waals surface area contributed by atoms with Gasteiger partial charge in [-0.3, -0.25) is 0 Å². The van der Waals surface area contributed by atoms with Crippen LogP contribution in [0.5, 0.6) is 0 Å². The van der Waals surface area contributed by atoms with Gasteiger partial charge in [0.15, 0.2) is 0 Å². The normalized spacial score (nSPS) is 33.7. The monoisotopic (exact) mass is 256 g/mol. The van der Waals surface area contributed by atoms with Gasteiger partial charge in [0.2, 0.25) is 0 Å². The Hall–Kier alpha value is -1.02. The summed E-state index contributed by atoms with van der Waals surface area (Å²) in [5, 5.41) is 0. The van der Waals surface area contributed by atoms with Crippen LogP contribution in [-0.4, -0.2) is 37.6 Å². The zero-order valence-corrected chi connectivity index (χ0v) is 11.9. The molecule has 1 aromatic carbocycles. The number of likely N-dealkylation sites (tertiary alicyclic amines) is 1. The van der Waals surface area contributed by atoms with E-state index in [4.69, 9.17) is 0 Å². The first-order chi connectivity index (χ1) is 9.32. The Morgan fingerprint density at radius 2 is 1.89 bits per heavy atom. The summed E-state index contributed by atoms with van der Waals surface area (Å²) in [5.74, 6) is 0.935. The first kappa shape index (κ1) is 11.8. The molecule has 0 bridgehead atoms. The first-order valence-corrected chi connectivity index (χ1v) is 7.90. The molecular weight excluding hydrogens is 232 g/mol. The third-order valence-electron chi connectivity index (χ3n) is 5.58. The Balaban J connectivity index is 1.54. The molecular formula is C17H24N2. The number of piperidine rings is 1. The van der Waals surface area contributed by atoms with Gasteiger partial charge < -0.3 is 9.80 Å². The maximum atomic E-state index is 2.61. The van der Waals surface area contributed by atoms with Gasteiger partial charge in [0.05, 0.1) is 0 Å². The lowest BCUT2D eigenvalue weighted by atomic mass is 9.95. The minimum absolute atomic E-state index is 0.527. The fourth-order valence-corrected chi connectivity index (χ4v) is 4.25. The van der Waals surface area contributed by atoms with Crippen molar-refractivity contribution in [1.82, 2.24) is 4.90 Å². The number of hydrogen-bond donors (Lipinski definition) is 0. The molecule has 4 rings (SSSR count).